The predicted molar refractivity (Wildman–Crippen MR) is 213 cm³/mol. The smallest absolute Gasteiger partial charge is 0.0543 e. The third-order valence-electron chi connectivity index (χ3n) is 10.4. The van der Waals surface area contributed by atoms with E-state index < -0.39 is 0 Å². The molecule has 0 bridgehead atoms. The lowest BCUT2D eigenvalue weighted by molar-refractivity contribution is 0.666. The summed E-state index contributed by atoms with van der Waals surface area (Å²) in [5.74, 6) is 0. The van der Waals surface area contributed by atoms with Crippen molar-refractivity contribution in [3.8, 4) is 44.5 Å². The maximum atomic E-state index is 2.45. The molecule has 0 N–H and O–H groups in total. The zero-order valence-corrected chi connectivity index (χ0v) is 28.3. The van der Waals surface area contributed by atoms with Crippen LogP contribution in [0.1, 0.15) is 25.0 Å². The summed E-state index contributed by atoms with van der Waals surface area (Å²) in [6.45, 7) is 4.80. The minimum absolute atomic E-state index is 0.203. The molecule has 0 fully saturated rings. The van der Waals surface area contributed by atoms with E-state index in [9.17, 15) is 0 Å². The lowest BCUT2D eigenvalue weighted by Gasteiger charge is -2.31. The SMILES string of the molecule is CC1(C)c2ccccc2-c2c(-c3ccccc3)cc3cccc(N(c4ccc(-c5ccccc5)cc4)c4ccc(-c5ccccc5)cc4)c3c21. The van der Waals surface area contributed by atoms with Gasteiger partial charge in [-0.1, -0.05) is 166 Å². The highest BCUT2D eigenvalue weighted by Gasteiger charge is 2.39. The highest BCUT2D eigenvalue weighted by molar-refractivity contribution is 6.11. The van der Waals surface area contributed by atoms with Crippen LogP contribution in [0.4, 0.5) is 17.1 Å². The standard InChI is InChI=1S/C49H37N/c1-49(2)44-23-13-12-22-42(44)47-43(38-19-10-5-11-20-38)33-39-21-14-24-45(46(39)48(47)49)50(40-29-25-36(26-30-40)34-15-6-3-7-16-34)41-31-27-37(28-32-41)35-17-8-4-9-18-35/h3-33H,1-2H3. The van der Waals surface area contributed by atoms with Crippen LogP contribution in [-0.2, 0) is 5.41 Å². The fraction of sp³-hybridized carbons (Fsp3) is 0.0612. The van der Waals surface area contributed by atoms with Crippen LogP contribution >= 0.6 is 0 Å². The average Bonchev–Trinajstić information content (AvgIpc) is 3.43. The van der Waals surface area contributed by atoms with Crippen molar-refractivity contribution in [2.75, 3.05) is 4.90 Å². The van der Waals surface area contributed by atoms with Gasteiger partial charge in [0.25, 0.3) is 0 Å². The molecule has 8 aromatic rings. The van der Waals surface area contributed by atoms with Crippen LogP contribution in [0.3, 0.4) is 0 Å². The van der Waals surface area contributed by atoms with Crippen molar-refractivity contribution < 1.29 is 0 Å². The van der Waals surface area contributed by atoms with Crippen molar-refractivity contribution in [1.82, 2.24) is 0 Å². The maximum absolute atomic E-state index is 2.45. The molecule has 0 saturated heterocycles. The summed E-state index contributed by atoms with van der Waals surface area (Å²) < 4.78 is 0. The Morgan fingerprint density at radius 3 is 1.44 bits per heavy atom. The second-order valence-corrected chi connectivity index (χ2v) is 13.7. The van der Waals surface area contributed by atoms with Gasteiger partial charge < -0.3 is 4.90 Å². The molecule has 1 nitrogen and oxygen atoms in total. The Bertz CT molecular complexity index is 2380. The number of anilines is 3. The monoisotopic (exact) mass is 639 g/mol. The summed E-state index contributed by atoms with van der Waals surface area (Å²) in [5, 5.41) is 2.54. The average molecular weight is 640 g/mol. The fourth-order valence-electron chi connectivity index (χ4n) is 8.05. The van der Waals surface area contributed by atoms with E-state index in [1.807, 2.05) is 0 Å². The Morgan fingerprint density at radius 1 is 0.400 bits per heavy atom. The second-order valence-electron chi connectivity index (χ2n) is 13.7. The van der Waals surface area contributed by atoms with Crippen LogP contribution in [0.15, 0.2) is 188 Å². The number of benzene rings is 8. The van der Waals surface area contributed by atoms with Gasteiger partial charge in [-0.3, -0.25) is 0 Å². The second kappa shape index (κ2) is 12.1. The molecule has 0 unspecified atom stereocenters. The molecule has 8 aromatic carbocycles. The Hall–Kier alpha value is -6.18. The molecule has 0 heterocycles. The number of fused-ring (bicyclic) bond motifs is 5. The van der Waals surface area contributed by atoms with Crippen molar-refractivity contribution in [2.24, 2.45) is 0 Å². The first-order valence-corrected chi connectivity index (χ1v) is 17.4. The van der Waals surface area contributed by atoms with Gasteiger partial charge in [0.15, 0.2) is 0 Å². The van der Waals surface area contributed by atoms with Gasteiger partial charge in [-0.25, -0.2) is 0 Å². The summed E-state index contributed by atoms with van der Waals surface area (Å²) in [6, 6.07) is 68.4. The van der Waals surface area contributed by atoms with Crippen LogP contribution in [0.25, 0.3) is 55.3 Å². The van der Waals surface area contributed by atoms with Crippen LogP contribution in [0.2, 0.25) is 0 Å². The van der Waals surface area contributed by atoms with Crippen molar-refractivity contribution in [2.45, 2.75) is 19.3 Å². The highest BCUT2D eigenvalue weighted by Crippen LogP contribution is 2.57. The van der Waals surface area contributed by atoms with Crippen LogP contribution in [0.5, 0.6) is 0 Å². The first-order valence-electron chi connectivity index (χ1n) is 17.4. The lowest BCUT2D eigenvalue weighted by Crippen LogP contribution is -2.17. The Morgan fingerprint density at radius 2 is 0.880 bits per heavy atom. The van der Waals surface area contributed by atoms with Gasteiger partial charge in [0.1, 0.15) is 0 Å². The van der Waals surface area contributed by atoms with Gasteiger partial charge in [-0.2, -0.15) is 0 Å². The van der Waals surface area contributed by atoms with Crippen LogP contribution < -0.4 is 4.90 Å². The first-order chi connectivity index (χ1) is 24.6. The summed E-state index contributed by atoms with van der Waals surface area (Å²) in [5.41, 5.74) is 16.0. The quantitative estimate of drug-likeness (QED) is 0.175. The van der Waals surface area contributed by atoms with Gasteiger partial charge in [0.05, 0.1) is 5.69 Å². The third kappa shape index (κ3) is 4.94. The highest BCUT2D eigenvalue weighted by atomic mass is 15.1. The number of hydrogen-bond donors (Lipinski definition) is 0. The minimum atomic E-state index is -0.203. The van der Waals surface area contributed by atoms with Gasteiger partial charge >= 0.3 is 0 Å². The van der Waals surface area contributed by atoms with E-state index in [0.717, 1.165) is 11.4 Å². The van der Waals surface area contributed by atoms with Crippen molar-refractivity contribution in [3.05, 3.63) is 199 Å². The van der Waals surface area contributed by atoms with E-state index in [1.165, 1.54) is 72.1 Å². The molecule has 1 heteroatoms. The molecule has 1 aliphatic carbocycles. The van der Waals surface area contributed by atoms with E-state index in [1.54, 1.807) is 0 Å². The largest absolute Gasteiger partial charge is 0.310 e. The van der Waals surface area contributed by atoms with Crippen LogP contribution in [-0.4, -0.2) is 0 Å². The molecule has 0 radical (unpaired) electrons. The van der Waals surface area contributed by atoms with E-state index in [4.69, 9.17) is 0 Å². The zero-order valence-electron chi connectivity index (χ0n) is 28.3. The summed E-state index contributed by atoms with van der Waals surface area (Å²) in [4.78, 5) is 2.45. The molecule has 1 aliphatic rings. The lowest BCUT2D eigenvalue weighted by atomic mass is 9.78. The van der Waals surface area contributed by atoms with E-state index >= 15 is 0 Å². The summed E-state index contributed by atoms with van der Waals surface area (Å²) in [6.07, 6.45) is 0. The van der Waals surface area contributed by atoms with E-state index in [2.05, 4.69) is 207 Å². The maximum Gasteiger partial charge on any atom is 0.0543 e. The molecule has 0 aromatic heterocycles. The van der Waals surface area contributed by atoms with Gasteiger partial charge in [-0.15, -0.1) is 0 Å². The number of rotatable bonds is 6. The fourth-order valence-corrected chi connectivity index (χ4v) is 8.05. The molecule has 0 aliphatic heterocycles. The zero-order chi connectivity index (χ0) is 33.7. The summed E-state index contributed by atoms with van der Waals surface area (Å²) in [7, 11) is 0. The molecule has 238 valence electrons. The Balaban J connectivity index is 1.31. The number of nitrogens with zero attached hydrogens (tertiary/aromatic N) is 1. The third-order valence-corrected chi connectivity index (χ3v) is 10.4. The van der Waals surface area contributed by atoms with Crippen LogP contribution in [0, 0.1) is 0 Å². The normalized spacial score (nSPS) is 12.8. The molecule has 0 spiro atoms. The first kappa shape index (κ1) is 29.9. The Kier molecular flexibility index (Phi) is 7.21. The molecular formula is C49H37N. The molecule has 9 rings (SSSR count). The number of hydrogen-bond acceptors (Lipinski definition) is 1. The molecule has 0 amide bonds. The topological polar surface area (TPSA) is 3.24 Å². The Labute approximate surface area is 294 Å². The molecular weight excluding hydrogens is 603 g/mol. The van der Waals surface area contributed by atoms with Gasteiger partial charge in [0.2, 0.25) is 0 Å². The molecule has 0 saturated carbocycles. The van der Waals surface area contributed by atoms with Gasteiger partial charge in [-0.05, 0) is 97.4 Å². The van der Waals surface area contributed by atoms with Crippen molar-refractivity contribution in [3.63, 3.8) is 0 Å². The summed E-state index contributed by atoms with van der Waals surface area (Å²) >= 11 is 0. The van der Waals surface area contributed by atoms with E-state index in [0.29, 0.717) is 0 Å². The van der Waals surface area contributed by atoms with Crippen molar-refractivity contribution >= 4 is 27.8 Å². The van der Waals surface area contributed by atoms with Crippen molar-refractivity contribution in [1.29, 1.82) is 0 Å². The predicted octanol–water partition coefficient (Wildman–Crippen LogP) is 13.6. The van der Waals surface area contributed by atoms with Gasteiger partial charge in [0, 0.05) is 22.2 Å². The van der Waals surface area contributed by atoms with E-state index in [-0.39, 0.29) is 5.41 Å². The molecule has 50 heavy (non-hydrogen) atoms. The minimum Gasteiger partial charge on any atom is -0.310 e. The molecule has 0 atom stereocenters.